The first-order valence-corrected chi connectivity index (χ1v) is 14.1. The van der Waals surface area contributed by atoms with Gasteiger partial charge in [0.2, 0.25) is 0 Å². The van der Waals surface area contributed by atoms with Crippen molar-refractivity contribution in [1.29, 1.82) is 0 Å². The number of aromatic amines is 2. The lowest BCUT2D eigenvalue weighted by atomic mass is 10.1. The lowest BCUT2D eigenvalue weighted by molar-refractivity contribution is 0.0523. The highest BCUT2D eigenvalue weighted by Gasteiger charge is 2.26. The molecule has 0 spiro atoms. The monoisotopic (exact) mass is 507 g/mol. The van der Waals surface area contributed by atoms with Gasteiger partial charge in [0.15, 0.2) is 5.75 Å². The number of carbonyl (C=O) groups excluding carboxylic acids is 1. The van der Waals surface area contributed by atoms with Gasteiger partial charge in [0.25, 0.3) is 0 Å². The number of nitrogens with one attached hydrogen (secondary N) is 2. The van der Waals surface area contributed by atoms with E-state index >= 15 is 0 Å². The number of aryl methyl sites for hydroxylation is 1. The number of hydrogen-bond acceptors (Lipinski definition) is 3. The van der Waals surface area contributed by atoms with Crippen LogP contribution in [0.15, 0.2) is 30.5 Å². The van der Waals surface area contributed by atoms with Gasteiger partial charge in [-0.1, -0.05) is 64.9 Å². The minimum atomic E-state index is -0.381. The second-order valence-corrected chi connectivity index (χ2v) is 9.71. The van der Waals surface area contributed by atoms with Crippen LogP contribution in [0.2, 0.25) is 0 Å². The summed E-state index contributed by atoms with van der Waals surface area (Å²) in [7, 11) is 0. The molecule has 3 aromatic rings. The lowest BCUT2D eigenvalue weighted by Crippen LogP contribution is -2.12. The topological polar surface area (TPSA) is 72.0 Å². The molecule has 0 aliphatic carbocycles. The fraction of sp³-hybridized carbons (Fsp3) is 0.516. The number of esters is 1. The van der Waals surface area contributed by atoms with Gasteiger partial charge in [-0.05, 0) is 57.4 Å². The van der Waals surface area contributed by atoms with Crippen molar-refractivity contribution in [2.75, 3.05) is 13.2 Å². The number of aromatic nitrogens is 3. The summed E-state index contributed by atoms with van der Waals surface area (Å²) in [4.78, 5) is 19.9. The van der Waals surface area contributed by atoms with Crippen LogP contribution < -0.4 is 15.4 Å². The minimum Gasteiger partial charge on any atom is -0.491 e. The van der Waals surface area contributed by atoms with Gasteiger partial charge in [0, 0.05) is 17.2 Å². The van der Waals surface area contributed by atoms with Crippen LogP contribution in [0.4, 0.5) is 0 Å². The van der Waals surface area contributed by atoms with Crippen molar-refractivity contribution >= 4 is 18.2 Å². The molecule has 0 bridgehead atoms. The Bertz CT molecular complexity index is 1210. The van der Waals surface area contributed by atoms with Crippen molar-refractivity contribution in [3.05, 3.63) is 52.4 Å². The largest absolute Gasteiger partial charge is 0.491 e. The van der Waals surface area contributed by atoms with E-state index in [9.17, 15) is 4.79 Å². The third-order valence-electron chi connectivity index (χ3n) is 6.46. The minimum absolute atomic E-state index is 0.304. The Hall–Kier alpha value is -3.15. The number of carbonyl (C=O) groups is 1. The first-order valence-electron chi connectivity index (χ1n) is 14.1. The molecule has 0 radical (unpaired) electrons. The molecular weight excluding hydrogens is 462 g/mol. The highest BCUT2D eigenvalue weighted by atomic mass is 16.5. The van der Waals surface area contributed by atoms with E-state index in [1.165, 1.54) is 51.4 Å². The van der Waals surface area contributed by atoms with Crippen LogP contribution in [0.25, 0.3) is 23.7 Å². The molecule has 3 heterocycles. The van der Waals surface area contributed by atoms with E-state index < -0.39 is 0 Å². The average molecular weight is 508 g/mol. The number of rotatable bonds is 16. The van der Waals surface area contributed by atoms with Crippen molar-refractivity contribution in [2.45, 2.75) is 91.9 Å². The maximum Gasteiger partial charge on any atom is 0.344 e. The Morgan fingerprint density at radius 3 is 2.30 bits per heavy atom. The number of nitrogens with zero attached hydrogens (tertiary/aromatic N) is 1. The Balaban J connectivity index is 1.81. The SMILES string of the molecule is CCCCCCCCCCC=c1ccc(=Cn2cc(OCCC)c(C(=O)OCC)c2-c2ccc(C)[nH]2)[nH]1. The molecule has 0 saturated heterocycles. The van der Waals surface area contributed by atoms with Crippen LogP contribution in [-0.2, 0) is 4.74 Å². The van der Waals surface area contributed by atoms with E-state index in [2.05, 4.69) is 35.1 Å². The van der Waals surface area contributed by atoms with Crippen LogP contribution in [0.5, 0.6) is 5.75 Å². The molecule has 0 aliphatic heterocycles. The normalized spacial score (nSPS) is 12.4. The van der Waals surface area contributed by atoms with Gasteiger partial charge < -0.3 is 24.0 Å². The van der Waals surface area contributed by atoms with Crippen molar-refractivity contribution in [1.82, 2.24) is 14.5 Å². The zero-order valence-corrected chi connectivity index (χ0v) is 23.2. The van der Waals surface area contributed by atoms with Crippen molar-refractivity contribution in [3.63, 3.8) is 0 Å². The summed E-state index contributed by atoms with van der Waals surface area (Å²) < 4.78 is 13.4. The first-order chi connectivity index (χ1) is 18.1. The van der Waals surface area contributed by atoms with Crippen molar-refractivity contribution in [2.24, 2.45) is 0 Å². The molecule has 0 aromatic carbocycles. The zero-order valence-electron chi connectivity index (χ0n) is 23.2. The third kappa shape index (κ3) is 8.44. The van der Waals surface area contributed by atoms with Gasteiger partial charge >= 0.3 is 5.97 Å². The van der Waals surface area contributed by atoms with Crippen molar-refractivity contribution in [3.8, 4) is 17.1 Å². The summed E-state index contributed by atoms with van der Waals surface area (Å²) in [6.07, 6.45) is 18.7. The molecule has 0 unspecified atom stereocenters. The molecule has 3 rings (SSSR count). The van der Waals surface area contributed by atoms with Gasteiger partial charge in [-0.2, -0.15) is 0 Å². The quantitative estimate of drug-likeness (QED) is 0.168. The molecule has 0 fully saturated rings. The van der Waals surface area contributed by atoms with E-state index in [1.54, 1.807) is 0 Å². The van der Waals surface area contributed by atoms with Crippen molar-refractivity contribution < 1.29 is 14.3 Å². The molecule has 0 aliphatic rings. The summed E-state index contributed by atoms with van der Waals surface area (Å²) in [5.41, 5.74) is 3.04. The molecule has 3 aromatic heterocycles. The third-order valence-corrected chi connectivity index (χ3v) is 6.46. The standard InChI is InChI=1S/C31H45N3O3/c1-5-8-9-10-11-12-13-14-15-16-25-18-19-26(33-25)22-34-23-28(37-21-6-2)29(31(35)36-7-3)30(34)27-20-17-24(4)32-27/h16-20,22-23,32-33H,5-15,21H2,1-4H3. The van der Waals surface area contributed by atoms with Crippen LogP contribution in [0.1, 0.15) is 101 Å². The fourth-order valence-electron chi connectivity index (χ4n) is 4.55. The molecule has 37 heavy (non-hydrogen) atoms. The zero-order chi connectivity index (χ0) is 26.5. The second kappa shape index (κ2) is 15.2. The van der Waals surface area contributed by atoms with E-state index in [1.807, 2.05) is 49.9 Å². The van der Waals surface area contributed by atoms with Gasteiger partial charge in [0.1, 0.15) is 5.56 Å². The molecule has 0 amide bonds. The van der Waals surface area contributed by atoms with Gasteiger partial charge in [-0.15, -0.1) is 0 Å². The Labute approximate surface area is 221 Å². The summed E-state index contributed by atoms with van der Waals surface area (Å²) in [5, 5.41) is 2.07. The number of unbranched alkanes of at least 4 members (excludes halogenated alkanes) is 8. The highest BCUT2D eigenvalue weighted by molar-refractivity contribution is 6.00. The van der Waals surface area contributed by atoms with E-state index in [4.69, 9.17) is 9.47 Å². The highest BCUT2D eigenvalue weighted by Crippen LogP contribution is 2.34. The molecule has 2 N–H and O–H groups in total. The Kier molecular flexibility index (Phi) is 11.7. The lowest BCUT2D eigenvalue weighted by Gasteiger charge is -2.08. The van der Waals surface area contributed by atoms with E-state index in [0.717, 1.165) is 40.6 Å². The second-order valence-electron chi connectivity index (χ2n) is 9.71. The van der Waals surface area contributed by atoms with Gasteiger partial charge in [0.05, 0.1) is 36.1 Å². The van der Waals surface area contributed by atoms with Crippen LogP contribution in [-0.4, -0.2) is 33.7 Å². The summed E-state index contributed by atoms with van der Waals surface area (Å²) in [6.45, 7) is 8.96. The summed E-state index contributed by atoms with van der Waals surface area (Å²) >= 11 is 0. The van der Waals surface area contributed by atoms with Gasteiger partial charge in [-0.3, -0.25) is 0 Å². The molecule has 202 valence electrons. The first kappa shape index (κ1) is 28.4. The summed E-state index contributed by atoms with van der Waals surface area (Å²) in [6, 6.07) is 8.17. The fourth-order valence-corrected chi connectivity index (χ4v) is 4.55. The Morgan fingerprint density at radius 1 is 0.892 bits per heavy atom. The molecule has 0 saturated carbocycles. The average Bonchev–Trinajstić information content (AvgIpc) is 3.60. The molecule has 0 atom stereocenters. The molecule has 6 nitrogen and oxygen atoms in total. The molecular formula is C31H45N3O3. The van der Waals surface area contributed by atoms with Crippen LogP contribution >= 0.6 is 0 Å². The smallest absolute Gasteiger partial charge is 0.344 e. The number of ether oxygens (including phenoxy) is 2. The van der Waals surface area contributed by atoms with Crippen LogP contribution in [0, 0.1) is 6.92 Å². The predicted octanol–water partition coefficient (Wildman–Crippen LogP) is 6.68. The van der Waals surface area contributed by atoms with E-state index in [-0.39, 0.29) is 5.97 Å². The number of H-pyrrole nitrogens is 2. The Morgan fingerprint density at radius 2 is 1.62 bits per heavy atom. The maximum atomic E-state index is 13.0. The van der Waals surface area contributed by atoms with Gasteiger partial charge in [-0.25, -0.2) is 4.79 Å². The predicted molar refractivity (Wildman–Crippen MR) is 152 cm³/mol. The van der Waals surface area contributed by atoms with Crippen LogP contribution in [0.3, 0.4) is 0 Å². The maximum absolute atomic E-state index is 13.0. The number of hydrogen-bond donors (Lipinski definition) is 2. The molecule has 6 heteroatoms. The summed E-state index contributed by atoms with van der Waals surface area (Å²) in [5.74, 6) is 0.153. The van der Waals surface area contributed by atoms with E-state index in [0.29, 0.717) is 24.5 Å².